The van der Waals surface area contributed by atoms with E-state index in [2.05, 4.69) is 21.2 Å². The number of aromatic nitrogens is 3. The van der Waals surface area contributed by atoms with Crippen LogP contribution in [0.2, 0.25) is 0 Å². The van der Waals surface area contributed by atoms with E-state index >= 15 is 0 Å². The van der Waals surface area contributed by atoms with E-state index in [0.717, 1.165) is 27.6 Å². The number of benzene rings is 2. The molecule has 7 heteroatoms. The molecule has 28 heavy (non-hydrogen) atoms. The van der Waals surface area contributed by atoms with Gasteiger partial charge in [0.15, 0.2) is 5.65 Å². The van der Waals surface area contributed by atoms with Crippen LogP contribution in [0, 0.1) is 0 Å². The Hall–Kier alpha value is -2.93. The lowest BCUT2D eigenvalue weighted by Crippen LogP contribution is -2.32. The van der Waals surface area contributed by atoms with E-state index in [1.165, 1.54) is 0 Å². The van der Waals surface area contributed by atoms with Gasteiger partial charge in [-0.2, -0.15) is 0 Å². The number of rotatable bonds is 4. The third-order valence-electron chi connectivity index (χ3n) is 4.80. The zero-order valence-corrected chi connectivity index (χ0v) is 17.2. The van der Waals surface area contributed by atoms with Crippen LogP contribution in [0.15, 0.2) is 53.0 Å². The highest BCUT2D eigenvalue weighted by Gasteiger charge is 2.25. The summed E-state index contributed by atoms with van der Waals surface area (Å²) in [6, 6.07) is 15.3. The van der Waals surface area contributed by atoms with E-state index in [4.69, 9.17) is 15.7 Å². The van der Waals surface area contributed by atoms with Gasteiger partial charge in [0.25, 0.3) is 5.91 Å². The summed E-state index contributed by atoms with van der Waals surface area (Å²) in [5.74, 6) is 0.0886. The van der Waals surface area contributed by atoms with Gasteiger partial charge in [-0.25, -0.2) is 9.97 Å². The first-order chi connectivity index (χ1) is 13.5. The van der Waals surface area contributed by atoms with Gasteiger partial charge >= 0.3 is 0 Å². The van der Waals surface area contributed by atoms with Crippen LogP contribution in [0.25, 0.3) is 27.9 Å². The number of nitrogens with zero attached hydrogens (tertiary/aromatic N) is 3. The zero-order chi connectivity index (χ0) is 19.8. The lowest BCUT2D eigenvalue weighted by atomic mass is 10.2. The molecule has 3 N–H and O–H groups in total. The van der Waals surface area contributed by atoms with Crippen LogP contribution in [0.4, 0.5) is 5.82 Å². The summed E-state index contributed by atoms with van der Waals surface area (Å²) in [5, 5.41) is 2.99. The SMILES string of the molecule is CCC(C)NC(=O)c1c(N)n(-c2ccc(Br)cc2)c2nc3ccccc3nc12. The van der Waals surface area contributed by atoms with Gasteiger partial charge in [0.05, 0.1) is 11.0 Å². The quantitative estimate of drug-likeness (QED) is 0.493. The Morgan fingerprint density at radius 3 is 2.43 bits per heavy atom. The number of nitrogens with one attached hydrogen (secondary N) is 1. The molecular weight excluding hydrogens is 418 g/mol. The van der Waals surface area contributed by atoms with Crippen molar-refractivity contribution < 1.29 is 4.79 Å². The molecule has 0 spiro atoms. The number of hydrogen-bond donors (Lipinski definition) is 2. The molecule has 0 fully saturated rings. The van der Waals surface area contributed by atoms with Crippen LogP contribution in [-0.4, -0.2) is 26.5 Å². The molecule has 6 nitrogen and oxygen atoms in total. The lowest BCUT2D eigenvalue weighted by molar-refractivity contribution is 0.0941. The smallest absolute Gasteiger partial charge is 0.257 e. The van der Waals surface area contributed by atoms with Crippen molar-refractivity contribution in [2.24, 2.45) is 0 Å². The fraction of sp³-hybridized carbons (Fsp3) is 0.190. The van der Waals surface area contributed by atoms with Crippen molar-refractivity contribution in [2.45, 2.75) is 26.3 Å². The largest absolute Gasteiger partial charge is 0.384 e. The maximum absolute atomic E-state index is 13.0. The molecule has 4 aromatic rings. The van der Waals surface area contributed by atoms with E-state index in [0.29, 0.717) is 22.5 Å². The molecule has 2 heterocycles. The van der Waals surface area contributed by atoms with Crippen molar-refractivity contribution in [3.8, 4) is 5.69 Å². The number of para-hydroxylation sites is 2. The predicted octanol–water partition coefficient (Wildman–Crippen LogP) is 4.45. The molecule has 0 aliphatic carbocycles. The van der Waals surface area contributed by atoms with Crippen LogP contribution in [-0.2, 0) is 0 Å². The second kappa shape index (κ2) is 7.24. The van der Waals surface area contributed by atoms with Crippen molar-refractivity contribution in [3.63, 3.8) is 0 Å². The summed E-state index contributed by atoms with van der Waals surface area (Å²) in [7, 11) is 0. The van der Waals surface area contributed by atoms with Crippen molar-refractivity contribution in [3.05, 3.63) is 58.6 Å². The van der Waals surface area contributed by atoms with Gasteiger partial charge in [-0.15, -0.1) is 0 Å². The summed E-state index contributed by atoms with van der Waals surface area (Å²) in [6.45, 7) is 3.98. The van der Waals surface area contributed by atoms with E-state index < -0.39 is 0 Å². The fourth-order valence-electron chi connectivity index (χ4n) is 3.13. The number of anilines is 1. The number of nitrogens with two attached hydrogens (primary N) is 1. The first kappa shape index (κ1) is 18.4. The first-order valence-corrected chi connectivity index (χ1v) is 9.92. The normalized spacial score (nSPS) is 12.4. The molecule has 0 bridgehead atoms. The molecule has 1 unspecified atom stereocenters. The number of carbonyl (C=O) groups is 1. The molecular formula is C21H20BrN5O. The number of halogens is 1. The number of amides is 1. The molecule has 142 valence electrons. The van der Waals surface area contributed by atoms with Gasteiger partial charge in [-0.3, -0.25) is 9.36 Å². The third-order valence-corrected chi connectivity index (χ3v) is 5.33. The molecule has 4 rings (SSSR count). The minimum Gasteiger partial charge on any atom is -0.384 e. The Bertz CT molecular complexity index is 1180. The molecule has 2 aromatic heterocycles. The second-order valence-corrected chi connectivity index (χ2v) is 7.66. The minimum absolute atomic E-state index is 0.0337. The molecule has 0 aliphatic rings. The summed E-state index contributed by atoms with van der Waals surface area (Å²) < 4.78 is 2.74. The average molecular weight is 438 g/mol. The second-order valence-electron chi connectivity index (χ2n) is 6.74. The zero-order valence-electron chi connectivity index (χ0n) is 15.6. The van der Waals surface area contributed by atoms with Gasteiger partial charge in [-0.1, -0.05) is 35.0 Å². The molecule has 1 amide bonds. The molecule has 0 aliphatic heterocycles. The van der Waals surface area contributed by atoms with Crippen LogP contribution in [0.1, 0.15) is 30.6 Å². The number of fused-ring (bicyclic) bond motifs is 2. The Labute approximate surface area is 170 Å². The minimum atomic E-state index is -0.239. The summed E-state index contributed by atoms with van der Waals surface area (Å²) in [4.78, 5) is 22.5. The van der Waals surface area contributed by atoms with E-state index in [1.54, 1.807) is 4.57 Å². The molecule has 0 saturated carbocycles. The predicted molar refractivity (Wildman–Crippen MR) is 116 cm³/mol. The van der Waals surface area contributed by atoms with Gasteiger partial charge in [0.1, 0.15) is 16.9 Å². The summed E-state index contributed by atoms with van der Waals surface area (Å²) >= 11 is 3.45. The van der Waals surface area contributed by atoms with Crippen molar-refractivity contribution >= 4 is 49.9 Å². The standard InChI is InChI=1S/C21H20BrN5O/c1-3-12(2)24-21(28)17-18-20(26-16-7-5-4-6-15(16)25-18)27(19(17)23)14-10-8-13(22)9-11-14/h4-12H,3,23H2,1-2H3,(H,24,28). The fourth-order valence-corrected chi connectivity index (χ4v) is 3.40. The molecule has 0 saturated heterocycles. The van der Waals surface area contributed by atoms with Gasteiger partial charge in [0.2, 0.25) is 0 Å². The van der Waals surface area contributed by atoms with Crippen LogP contribution < -0.4 is 11.1 Å². The molecule has 1 atom stereocenters. The Morgan fingerprint density at radius 1 is 1.14 bits per heavy atom. The Kier molecular flexibility index (Phi) is 4.77. The highest BCUT2D eigenvalue weighted by atomic mass is 79.9. The first-order valence-electron chi connectivity index (χ1n) is 9.13. The van der Waals surface area contributed by atoms with Crippen molar-refractivity contribution in [1.29, 1.82) is 0 Å². The Morgan fingerprint density at radius 2 is 1.79 bits per heavy atom. The highest BCUT2D eigenvalue weighted by Crippen LogP contribution is 2.31. The lowest BCUT2D eigenvalue weighted by Gasteiger charge is -2.11. The molecule has 2 aromatic carbocycles. The van der Waals surface area contributed by atoms with Crippen molar-refractivity contribution in [2.75, 3.05) is 5.73 Å². The van der Waals surface area contributed by atoms with Gasteiger partial charge < -0.3 is 11.1 Å². The summed E-state index contributed by atoms with van der Waals surface area (Å²) in [5.41, 5.74) is 10.2. The maximum Gasteiger partial charge on any atom is 0.257 e. The maximum atomic E-state index is 13.0. The van der Waals surface area contributed by atoms with Crippen LogP contribution >= 0.6 is 15.9 Å². The monoisotopic (exact) mass is 437 g/mol. The highest BCUT2D eigenvalue weighted by molar-refractivity contribution is 9.10. The van der Waals surface area contributed by atoms with E-state index in [1.807, 2.05) is 62.4 Å². The molecule has 0 radical (unpaired) electrons. The topological polar surface area (TPSA) is 85.8 Å². The van der Waals surface area contributed by atoms with Gasteiger partial charge in [-0.05, 0) is 49.7 Å². The van der Waals surface area contributed by atoms with E-state index in [-0.39, 0.29) is 11.9 Å². The van der Waals surface area contributed by atoms with Crippen LogP contribution in [0.3, 0.4) is 0 Å². The average Bonchev–Trinajstić information content (AvgIpc) is 2.97. The number of nitrogen functional groups attached to an aromatic ring is 1. The number of carbonyl (C=O) groups excluding carboxylic acids is 1. The number of hydrogen-bond acceptors (Lipinski definition) is 4. The summed E-state index contributed by atoms with van der Waals surface area (Å²) in [6.07, 6.45) is 0.825. The van der Waals surface area contributed by atoms with Crippen molar-refractivity contribution in [1.82, 2.24) is 19.9 Å². The Balaban J connectivity index is 2.02. The third kappa shape index (κ3) is 3.11. The van der Waals surface area contributed by atoms with E-state index in [9.17, 15) is 4.79 Å². The van der Waals surface area contributed by atoms with Gasteiger partial charge in [0, 0.05) is 16.2 Å². The van der Waals surface area contributed by atoms with Crippen LogP contribution in [0.5, 0.6) is 0 Å².